The van der Waals surface area contributed by atoms with E-state index in [0.717, 1.165) is 11.8 Å². The van der Waals surface area contributed by atoms with Crippen LogP contribution in [0.2, 0.25) is 0 Å². The molecule has 0 aliphatic heterocycles. The molecule has 1 aromatic heterocycles. The van der Waals surface area contributed by atoms with Gasteiger partial charge in [-0.05, 0) is 67.6 Å². The molecule has 0 aliphatic carbocycles. The third-order valence-electron chi connectivity index (χ3n) is 4.97. The van der Waals surface area contributed by atoms with Crippen LogP contribution < -0.4 is 10.9 Å². The van der Waals surface area contributed by atoms with Gasteiger partial charge in [0.1, 0.15) is 5.82 Å². The molecule has 1 heterocycles. The zero-order valence-electron chi connectivity index (χ0n) is 17.9. The number of ketones is 1. The number of nitrogens with one attached hydrogen (secondary N) is 1. The van der Waals surface area contributed by atoms with Crippen LogP contribution in [0.25, 0.3) is 16.6 Å². The molecule has 0 fully saturated rings. The van der Waals surface area contributed by atoms with Crippen LogP contribution in [0, 0.1) is 5.82 Å². The molecule has 0 aliphatic rings. The van der Waals surface area contributed by atoms with Gasteiger partial charge in [0.15, 0.2) is 10.9 Å². The van der Waals surface area contributed by atoms with Crippen LogP contribution in [-0.2, 0) is 4.79 Å². The van der Waals surface area contributed by atoms with Crippen molar-refractivity contribution in [3.8, 4) is 5.69 Å². The first-order chi connectivity index (χ1) is 15.8. The van der Waals surface area contributed by atoms with Gasteiger partial charge in [-0.1, -0.05) is 23.9 Å². The number of amides is 1. The molecule has 1 unspecified atom stereocenters. The Morgan fingerprint density at radius 3 is 2.33 bits per heavy atom. The normalized spacial score (nSPS) is 11.8. The number of benzene rings is 3. The molecule has 4 rings (SSSR count). The van der Waals surface area contributed by atoms with Crippen LogP contribution in [0.5, 0.6) is 0 Å². The van der Waals surface area contributed by atoms with Crippen molar-refractivity contribution in [1.29, 1.82) is 0 Å². The van der Waals surface area contributed by atoms with Gasteiger partial charge in [-0.3, -0.25) is 19.0 Å². The van der Waals surface area contributed by atoms with Gasteiger partial charge in [0.25, 0.3) is 5.56 Å². The van der Waals surface area contributed by atoms with Gasteiger partial charge in [-0.25, -0.2) is 9.37 Å². The molecule has 6 nitrogen and oxygen atoms in total. The van der Waals surface area contributed by atoms with Crippen molar-refractivity contribution in [2.45, 2.75) is 24.3 Å². The molecule has 3 aromatic carbocycles. The predicted octanol–water partition coefficient (Wildman–Crippen LogP) is 4.85. The molecule has 1 amide bonds. The number of nitrogens with zero attached hydrogens (tertiary/aromatic N) is 2. The largest absolute Gasteiger partial charge is 0.326 e. The smallest absolute Gasteiger partial charge is 0.266 e. The molecule has 1 N–H and O–H groups in total. The second-order valence-electron chi connectivity index (χ2n) is 7.41. The van der Waals surface area contributed by atoms with Crippen molar-refractivity contribution in [1.82, 2.24) is 9.55 Å². The van der Waals surface area contributed by atoms with Gasteiger partial charge in [0.2, 0.25) is 5.91 Å². The number of para-hydroxylation sites is 1. The number of carbonyl (C=O) groups is 2. The highest BCUT2D eigenvalue weighted by Crippen LogP contribution is 2.27. The minimum Gasteiger partial charge on any atom is -0.326 e. The van der Waals surface area contributed by atoms with Gasteiger partial charge >= 0.3 is 0 Å². The van der Waals surface area contributed by atoms with Crippen LogP contribution in [0.15, 0.2) is 82.7 Å². The first kappa shape index (κ1) is 22.4. The molecule has 0 bridgehead atoms. The third-order valence-corrected chi connectivity index (χ3v) is 6.02. The summed E-state index contributed by atoms with van der Waals surface area (Å²) < 4.78 is 14.9. The Hall–Kier alpha value is -3.78. The highest BCUT2D eigenvalue weighted by Gasteiger charge is 2.21. The quantitative estimate of drug-likeness (QED) is 0.252. The van der Waals surface area contributed by atoms with Crippen molar-refractivity contribution >= 4 is 40.0 Å². The number of anilines is 1. The average Bonchev–Trinajstić information content (AvgIpc) is 2.80. The summed E-state index contributed by atoms with van der Waals surface area (Å²) in [6, 6.07) is 19.1. The maximum Gasteiger partial charge on any atom is 0.266 e. The van der Waals surface area contributed by atoms with E-state index in [9.17, 15) is 18.8 Å². The van der Waals surface area contributed by atoms with E-state index in [1.165, 1.54) is 35.8 Å². The molecule has 0 saturated heterocycles. The summed E-state index contributed by atoms with van der Waals surface area (Å²) in [5, 5.41) is 2.87. The standard InChI is InChI=1S/C25H20FN3O3S/c1-15(23(31)17-7-11-19(12-8-17)27-16(2)30)33-25-28-22-6-4-3-5-21(22)24(32)29(25)20-13-9-18(26)10-14-20/h3-15H,1-2H3,(H,27,30). The van der Waals surface area contributed by atoms with Crippen molar-refractivity contribution in [2.24, 2.45) is 0 Å². The van der Waals surface area contributed by atoms with Gasteiger partial charge in [0.05, 0.1) is 21.8 Å². The van der Waals surface area contributed by atoms with Crippen LogP contribution in [0.1, 0.15) is 24.2 Å². The maximum absolute atomic E-state index is 13.5. The molecule has 0 spiro atoms. The molecular weight excluding hydrogens is 441 g/mol. The van der Waals surface area contributed by atoms with Crippen molar-refractivity contribution < 1.29 is 14.0 Å². The number of halogens is 1. The lowest BCUT2D eigenvalue weighted by atomic mass is 10.1. The van der Waals surface area contributed by atoms with Crippen LogP contribution in [0.4, 0.5) is 10.1 Å². The number of carbonyl (C=O) groups excluding carboxylic acids is 2. The summed E-state index contributed by atoms with van der Waals surface area (Å²) in [5.41, 5.74) is 1.75. The second-order valence-corrected chi connectivity index (χ2v) is 8.72. The Balaban J connectivity index is 1.70. The fraction of sp³-hybridized carbons (Fsp3) is 0.120. The summed E-state index contributed by atoms with van der Waals surface area (Å²) in [7, 11) is 0. The lowest BCUT2D eigenvalue weighted by Crippen LogP contribution is -2.23. The lowest BCUT2D eigenvalue weighted by Gasteiger charge is -2.16. The van der Waals surface area contributed by atoms with E-state index in [4.69, 9.17) is 0 Å². The van der Waals surface area contributed by atoms with E-state index in [1.807, 2.05) is 0 Å². The summed E-state index contributed by atoms with van der Waals surface area (Å²) in [6.45, 7) is 3.15. The van der Waals surface area contributed by atoms with E-state index in [2.05, 4.69) is 10.3 Å². The topological polar surface area (TPSA) is 81.1 Å². The number of hydrogen-bond acceptors (Lipinski definition) is 5. The summed E-state index contributed by atoms with van der Waals surface area (Å²) in [5.74, 6) is -0.761. The van der Waals surface area contributed by atoms with E-state index < -0.39 is 11.1 Å². The third kappa shape index (κ3) is 4.85. The summed E-state index contributed by atoms with van der Waals surface area (Å²) >= 11 is 1.15. The number of Topliss-reactive ketones (excluding diaryl/α,β-unsaturated/α-hetero) is 1. The van der Waals surface area contributed by atoms with Crippen LogP contribution in [0.3, 0.4) is 0 Å². The Kier molecular flexibility index (Phi) is 6.37. The molecule has 33 heavy (non-hydrogen) atoms. The number of thioether (sulfide) groups is 1. The lowest BCUT2D eigenvalue weighted by molar-refractivity contribution is -0.114. The minimum absolute atomic E-state index is 0.151. The van der Waals surface area contributed by atoms with Gasteiger partial charge in [-0.2, -0.15) is 0 Å². The predicted molar refractivity (Wildman–Crippen MR) is 128 cm³/mol. The van der Waals surface area contributed by atoms with E-state index in [1.54, 1.807) is 55.5 Å². The zero-order valence-corrected chi connectivity index (χ0v) is 18.7. The molecule has 166 valence electrons. The van der Waals surface area contributed by atoms with E-state index >= 15 is 0 Å². The molecule has 0 radical (unpaired) electrons. The number of fused-ring (bicyclic) bond motifs is 1. The minimum atomic E-state index is -0.559. The molecule has 1 atom stereocenters. The number of hydrogen-bond donors (Lipinski definition) is 1. The van der Waals surface area contributed by atoms with Crippen LogP contribution in [-0.4, -0.2) is 26.5 Å². The van der Waals surface area contributed by atoms with Crippen LogP contribution >= 0.6 is 11.8 Å². The van der Waals surface area contributed by atoms with Crippen molar-refractivity contribution in [2.75, 3.05) is 5.32 Å². The maximum atomic E-state index is 13.5. The Bertz CT molecular complexity index is 1400. The fourth-order valence-corrected chi connectivity index (χ4v) is 4.38. The average molecular weight is 462 g/mol. The second kappa shape index (κ2) is 9.38. The number of aromatic nitrogens is 2. The van der Waals surface area contributed by atoms with Gasteiger partial charge in [-0.15, -0.1) is 0 Å². The first-order valence-electron chi connectivity index (χ1n) is 10.2. The monoisotopic (exact) mass is 461 g/mol. The van der Waals surface area contributed by atoms with E-state index in [0.29, 0.717) is 33.0 Å². The Labute approximate surface area is 193 Å². The fourth-order valence-electron chi connectivity index (χ4n) is 3.38. The van der Waals surface area contributed by atoms with Crippen molar-refractivity contribution in [3.63, 3.8) is 0 Å². The molecular formula is C25H20FN3O3S. The molecule has 8 heteroatoms. The molecule has 4 aromatic rings. The van der Waals surface area contributed by atoms with Crippen molar-refractivity contribution in [3.05, 3.63) is 94.5 Å². The number of rotatable bonds is 6. The highest BCUT2D eigenvalue weighted by atomic mass is 32.2. The Morgan fingerprint density at radius 1 is 1.00 bits per heavy atom. The van der Waals surface area contributed by atoms with Gasteiger partial charge in [0, 0.05) is 18.2 Å². The summed E-state index contributed by atoms with van der Waals surface area (Å²) in [4.78, 5) is 42.2. The Morgan fingerprint density at radius 2 is 1.67 bits per heavy atom. The zero-order chi connectivity index (χ0) is 23.5. The summed E-state index contributed by atoms with van der Waals surface area (Å²) in [6.07, 6.45) is 0. The highest BCUT2D eigenvalue weighted by molar-refractivity contribution is 8.00. The first-order valence-corrected chi connectivity index (χ1v) is 11.1. The van der Waals surface area contributed by atoms with Gasteiger partial charge < -0.3 is 5.32 Å². The van der Waals surface area contributed by atoms with E-state index in [-0.39, 0.29) is 17.2 Å². The SMILES string of the molecule is CC(=O)Nc1ccc(C(=O)C(C)Sc2nc3ccccc3c(=O)n2-c2ccc(F)cc2)cc1. The molecule has 0 saturated carbocycles.